The van der Waals surface area contributed by atoms with Gasteiger partial charge in [-0.15, -0.1) is 10.2 Å². The second kappa shape index (κ2) is 10.0. The number of hydrogen-bond donors (Lipinski definition) is 0. The number of nitrogens with zero attached hydrogens (tertiary/aromatic N) is 5. The quantitative estimate of drug-likeness (QED) is 0.279. The average molecular weight is 470 g/mol. The first-order valence-electron chi connectivity index (χ1n) is 11.1. The summed E-state index contributed by atoms with van der Waals surface area (Å²) in [5.41, 5.74) is 3.45. The van der Waals surface area contributed by atoms with Crippen LogP contribution in [0.1, 0.15) is 28.8 Å². The molecule has 7 nitrogen and oxygen atoms in total. The van der Waals surface area contributed by atoms with E-state index in [1.807, 2.05) is 47.0 Å². The van der Waals surface area contributed by atoms with Gasteiger partial charge in [0.25, 0.3) is 0 Å². The van der Waals surface area contributed by atoms with E-state index in [0.717, 1.165) is 29.8 Å². The minimum Gasteiger partial charge on any atom is -0.312 e. The molecule has 0 saturated carbocycles. The summed E-state index contributed by atoms with van der Waals surface area (Å²) in [7, 11) is 0. The smallest absolute Gasteiger partial charge is 0.227 e. The summed E-state index contributed by atoms with van der Waals surface area (Å²) in [5.74, 6) is 1.09. The van der Waals surface area contributed by atoms with E-state index < -0.39 is 0 Å². The zero-order valence-electron chi connectivity index (χ0n) is 18.5. The van der Waals surface area contributed by atoms with Crippen LogP contribution >= 0.6 is 11.8 Å². The Labute approximate surface area is 201 Å². The highest BCUT2D eigenvalue weighted by Crippen LogP contribution is 2.26. The molecule has 2 aromatic heterocycles. The zero-order valence-corrected chi connectivity index (χ0v) is 19.3. The Bertz CT molecular complexity index is 1290. The fourth-order valence-electron chi connectivity index (χ4n) is 3.97. The number of aromatic nitrogens is 4. The lowest BCUT2D eigenvalue weighted by atomic mass is 10.1. The first-order valence-corrected chi connectivity index (χ1v) is 12.1. The molecule has 1 fully saturated rings. The minimum atomic E-state index is 0.00138. The van der Waals surface area contributed by atoms with Crippen LogP contribution in [0.15, 0.2) is 84.3 Å². The number of thioether (sulfide) groups is 1. The Hall–Kier alpha value is -3.78. The summed E-state index contributed by atoms with van der Waals surface area (Å²) < 4.78 is 2.02. The van der Waals surface area contributed by atoms with Gasteiger partial charge < -0.3 is 4.90 Å². The molecular weight excluding hydrogens is 446 g/mol. The second-order valence-corrected chi connectivity index (χ2v) is 8.97. The molecule has 0 N–H and O–H groups in total. The van der Waals surface area contributed by atoms with Crippen LogP contribution in [0.4, 0.5) is 5.69 Å². The summed E-state index contributed by atoms with van der Waals surface area (Å²) in [6.45, 7) is 1.32. The number of anilines is 1. The predicted molar refractivity (Wildman–Crippen MR) is 132 cm³/mol. The van der Waals surface area contributed by atoms with Gasteiger partial charge in [-0.25, -0.2) is 0 Å². The molecule has 1 saturated heterocycles. The molecule has 1 aliphatic rings. The van der Waals surface area contributed by atoms with Gasteiger partial charge in [-0.2, -0.15) is 0 Å². The lowest BCUT2D eigenvalue weighted by Gasteiger charge is -2.15. The molecule has 2 aromatic carbocycles. The van der Waals surface area contributed by atoms with Crippen LogP contribution in [0.25, 0.3) is 11.4 Å². The Balaban J connectivity index is 1.33. The highest BCUT2D eigenvalue weighted by atomic mass is 32.2. The maximum atomic E-state index is 12.9. The van der Waals surface area contributed by atoms with Crippen LogP contribution in [0.5, 0.6) is 0 Å². The molecule has 1 aliphatic heterocycles. The highest BCUT2D eigenvalue weighted by molar-refractivity contribution is 7.99. The van der Waals surface area contributed by atoms with Crippen molar-refractivity contribution >= 4 is 29.1 Å². The van der Waals surface area contributed by atoms with Gasteiger partial charge in [-0.1, -0.05) is 42.1 Å². The molecule has 170 valence electrons. The summed E-state index contributed by atoms with van der Waals surface area (Å²) in [6.07, 6.45) is 4.95. The molecule has 8 heteroatoms. The Morgan fingerprint density at radius 2 is 1.79 bits per heavy atom. The van der Waals surface area contributed by atoms with Gasteiger partial charge in [0.1, 0.15) is 0 Å². The van der Waals surface area contributed by atoms with Crippen LogP contribution < -0.4 is 4.90 Å². The number of hydrogen-bond acceptors (Lipinski definition) is 6. The van der Waals surface area contributed by atoms with Crippen molar-refractivity contribution in [2.24, 2.45) is 0 Å². The predicted octanol–water partition coefficient (Wildman–Crippen LogP) is 4.49. The third-order valence-corrected chi connectivity index (χ3v) is 6.69. The van der Waals surface area contributed by atoms with E-state index in [1.54, 1.807) is 29.4 Å². The van der Waals surface area contributed by atoms with E-state index >= 15 is 0 Å². The molecule has 0 spiro atoms. The monoisotopic (exact) mass is 469 g/mol. The van der Waals surface area contributed by atoms with Crippen molar-refractivity contribution in [1.29, 1.82) is 0 Å². The Morgan fingerprint density at radius 1 is 0.971 bits per heavy atom. The van der Waals surface area contributed by atoms with Crippen molar-refractivity contribution in [2.75, 3.05) is 17.2 Å². The summed E-state index contributed by atoms with van der Waals surface area (Å²) >= 11 is 1.37. The largest absolute Gasteiger partial charge is 0.312 e. The molecule has 4 aromatic rings. The summed E-state index contributed by atoms with van der Waals surface area (Å²) in [6, 6.07) is 21.2. The number of pyridine rings is 1. The number of rotatable bonds is 8. The van der Waals surface area contributed by atoms with Crippen molar-refractivity contribution in [1.82, 2.24) is 19.7 Å². The van der Waals surface area contributed by atoms with Crippen LogP contribution in [-0.2, 0) is 11.3 Å². The lowest BCUT2D eigenvalue weighted by Crippen LogP contribution is -2.23. The summed E-state index contributed by atoms with van der Waals surface area (Å²) in [4.78, 5) is 30.8. The maximum Gasteiger partial charge on any atom is 0.227 e. The van der Waals surface area contributed by atoms with E-state index in [0.29, 0.717) is 29.5 Å². The number of amides is 1. The Morgan fingerprint density at radius 3 is 2.50 bits per heavy atom. The van der Waals surface area contributed by atoms with E-state index in [2.05, 4.69) is 27.3 Å². The Kier molecular flexibility index (Phi) is 6.49. The first-order chi connectivity index (χ1) is 16.7. The number of carbonyl (C=O) groups excluding carboxylic acids is 2. The minimum absolute atomic E-state index is 0.00138. The number of carbonyl (C=O) groups is 2. The number of Topliss-reactive ketones (excluding diaryl/α,β-unsaturated/α-hetero) is 1. The molecule has 0 radical (unpaired) electrons. The normalized spacial score (nSPS) is 13.4. The highest BCUT2D eigenvalue weighted by Gasteiger charge is 2.22. The standard InChI is InChI=1S/C26H23N5O2S/c32-23(20-10-12-22(13-11-20)30-15-5-9-24(30)33)18-34-26-29-28-25(21-8-4-14-27-16-21)31(26)17-19-6-2-1-3-7-19/h1-4,6-8,10-14,16H,5,9,15,17-18H2. The number of ketones is 1. The van der Waals surface area contributed by atoms with Crippen LogP contribution in [0.2, 0.25) is 0 Å². The van der Waals surface area contributed by atoms with Gasteiger partial charge >= 0.3 is 0 Å². The van der Waals surface area contributed by atoms with E-state index in [1.165, 1.54) is 11.8 Å². The molecule has 34 heavy (non-hydrogen) atoms. The lowest BCUT2D eigenvalue weighted by molar-refractivity contribution is -0.117. The van der Waals surface area contributed by atoms with E-state index in [4.69, 9.17) is 0 Å². The molecule has 3 heterocycles. The van der Waals surface area contributed by atoms with Gasteiger partial charge in [0.2, 0.25) is 5.91 Å². The van der Waals surface area contributed by atoms with E-state index in [9.17, 15) is 9.59 Å². The van der Waals surface area contributed by atoms with Crippen molar-refractivity contribution in [2.45, 2.75) is 24.5 Å². The SMILES string of the molecule is O=C(CSc1nnc(-c2cccnc2)n1Cc1ccccc1)c1ccc(N2CCCC2=O)cc1. The maximum absolute atomic E-state index is 12.9. The molecule has 0 aliphatic carbocycles. The van der Waals surface area contributed by atoms with Crippen molar-refractivity contribution in [3.63, 3.8) is 0 Å². The van der Waals surface area contributed by atoms with Crippen molar-refractivity contribution < 1.29 is 9.59 Å². The third-order valence-electron chi connectivity index (χ3n) is 5.73. The fourth-order valence-corrected chi connectivity index (χ4v) is 4.81. The van der Waals surface area contributed by atoms with Gasteiger partial charge in [-0.3, -0.25) is 19.1 Å². The molecule has 5 rings (SSSR count). The van der Waals surface area contributed by atoms with E-state index in [-0.39, 0.29) is 17.4 Å². The molecule has 1 amide bonds. The second-order valence-electron chi connectivity index (χ2n) is 8.03. The first kappa shape index (κ1) is 22.0. The van der Waals surface area contributed by atoms with Gasteiger partial charge in [0.15, 0.2) is 16.8 Å². The van der Waals surface area contributed by atoms with Crippen LogP contribution in [0, 0.1) is 0 Å². The van der Waals surface area contributed by atoms with Crippen molar-refractivity contribution in [3.05, 3.63) is 90.3 Å². The van der Waals surface area contributed by atoms with Crippen molar-refractivity contribution in [3.8, 4) is 11.4 Å². The molecule has 0 atom stereocenters. The topological polar surface area (TPSA) is 81.0 Å². The van der Waals surface area contributed by atoms with Gasteiger partial charge in [0.05, 0.1) is 12.3 Å². The average Bonchev–Trinajstić information content (AvgIpc) is 3.49. The van der Waals surface area contributed by atoms with Gasteiger partial charge in [-0.05, 0) is 48.4 Å². The van der Waals surface area contributed by atoms with Gasteiger partial charge in [0, 0.05) is 42.2 Å². The molecule has 0 bridgehead atoms. The summed E-state index contributed by atoms with van der Waals surface area (Å²) in [5, 5.41) is 9.46. The third kappa shape index (κ3) is 4.77. The fraction of sp³-hybridized carbons (Fsp3) is 0.192. The number of benzene rings is 2. The van der Waals surface area contributed by atoms with Crippen LogP contribution in [0.3, 0.4) is 0 Å². The van der Waals surface area contributed by atoms with Crippen LogP contribution in [-0.4, -0.2) is 43.7 Å². The zero-order chi connectivity index (χ0) is 23.3. The molecule has 0 unspecified atom stereocenters. The molecular formula is C26H23N5O2S.